The highest BCUT2D eigenvalue weighted by Crippen LogP contribution is 2.31. The molecule has 1 atom stereocenters. The van der Waals surface area contributed by atoms with E-state index in [1.165, 1.54) is 24.3 Å². The van der Waals surface area contributed by atoms with Crippen LogP contribution in [0.25, 0.3) is 0 Å². The minimum atomic E-state index is 0.291. The number of piperazine rings is 1. The third-order valence-corrected chi connectivity index (χ3v) is 5.56. The smallest absolute Gasteiger partial charge is 0.0826 e. The van der Waals surface area contributed by atoms with Gasteiger partial charge in [-0.25, -0.2) is 0 Å². The SMILES string of the molecule is CC(C)c1nnsc1CN1CCN(CC2CC2)[C@@H](CCO)C1. The molecule has 1 aromatic rings. The van der Waals surface area contributed by atoms with Crippen LogP contribution in [0, 0.1) is 5.92 Å². The zero-order valence-corrected chi connectivity index (χ0v) is 14.6. The van der Waals surface area contributed by atoms with Gasteiger partial charge in [-0.2, -0.15) is 0 Å². The summed E-state index contributed by atoms with van der Waals surface area (Å²) in [6.07, 6.45) is 3.69. The Balaban J connectivity index is 1.59. The van der Waals surface area contributed by atoms with Crippen LogP contribution in [0.15, 0.2) is 0 Å². The molecule has 0 bridgehead atoms. The van der Waals surface area contributed by atoms with Gasteiger partial charge in [-0.3, -0.25) is 9.80 Å². The van der Waals surface area contributed by atoms with Crippen LogP contribution in [0.3, 0.4) is 0 Å². The van der Waals surface area contributed by atoms with Crippen LogP contribution in [0.2, 0.25) is 0 Å². The molecule has 1 saturated carbocycles. The van der Waals surface area contributed by atoms with Crippen LogP contribution >= 0.6 is 11.5 Å². The lowest BCUT2D eigenvalue weighted by Gasteiger charge is -2.41. The summed E-state index contributed by atoms with van der Waals surface area (Å²) in [6.45, 7) is 10.2. The van der Waals surface area contributed by atoms with E-state index in [2.05, 4.69) is 33.2 Å². The van der Waals surface area contributed by atoms with Crippen LogP contribution in [-0.2, 0) is 6.54 Å². The lowest BCUT2D eigenvalue weighted by atomic mass is 10.1. The fraction of sp³-hybridized carbons (Fsp3) is 0.875. The molecule has 0 aromatic carbocycles. The molecule has 2 fully saturated rings. The molecule has 1 aliphatic carbocycles. The van der Waals surface area contributed by atoms with Crippen molar-refractivity contribution in [1.29, 1.82) is 0 Å². The van der Waals surface area contributed by atoms with Crippen molar-refractivity contribution >= 4 is 11.5 Å². The fourth-order valence-electron chi connectivity index (χ4n) is 3.36. The zero-order chi connectivity index (χ0) is 15.5. The average Bonchev–Trinajstić information content (AvgIpc) is 3.18. The fourth-order valence-corrected chi connectivity index (χ4v) is 4.20. The van der Waals surface area contributed by atoms with E-state index in [1.807, 2.05) is 0 Å². The van der Waals surface area contributed by atoms with Crippen molar-refractivity contribution in [2.24, 2.45) is 5.92 Å². The first kappa shape index (κ1) is 16.3. The zero-order valence-electron chi connectivity index (χ0n) is 13.7. The Hall–Kier alpha value is -0.560. The van der Waals surface area contributed by atoms with Crippen molar-refractivity contribution in [3.8, 4) is 0 Å². The highest BCUT2D eigenvalue weighted by atomic mass is 32.1. The summed E-state index contributed by atoms with van der Waals surface area (Å²) in [4.78, 5) is 6.44. The number of aliphatic hydroxyl groups excluding tert-OH is 1. The lowest BCUT2D eigenvalue weighted by molar-refractivity contribution is 0.0525. The third kappa shape index (κ3) is 4.04. The Morgan fingerprint density at radius 2 is 2.14 bits per heavy atom. The summed E-state index contributed by atoms with van der Waals surface area (Å²) in [6, 6.07) is 0.503. The molecule has 1 aliphatic heterocycles. The molecule has 0 unspecified atom stereocenters. The Labute approximate surface area is 137 Å². The normalized spacial score (nSPS) is 24.3. The van der Waals surface area contributed by atoms with Crippen molar-refractivity contribution < 1.29 is 5.11 Å². The number of hydrogen-bond acceptors (Lipinski definition) is 6. The van der Waals surface area contributed by atoms with E-state index in [1.54, 1.807) is 11.5 Å². The Morgan fingerprint density at radius 3 is 2.82 bits per heavy atom. The molecule has 0 amide bonds. The van der Waals surface area contributed by atoms with Gasteiger partial charge in [0.25, 0.3) is 0 Å². The van der Waals surface area contributed by atoms with E-state index in [0.717, 1.165) is 44.2 Å². The van der Waals surface area contributed by atoms with Crippen LogP contribution in [-0.4, -0.2) is 63.3 Å². The molecule has 2 heterocycles. The van der Waals surface area contributed by atoms with E-state index in [4.69, 9.17) is 0 Å². The molecule has 22 heavy (non-hydrogen) atoms. The first-order valence-corrected chi connectivity index (χ1v) is 9.33. The molecular weight excluding hydrogens is 296 g/mol. The van der Waals surface area contributed by atoms with Gasteiger partial charge in [-0.15, -0.1) is 5.10 Å². The first-order valence-electron chi connectivity index (χ1n) is 8.55. The van der Waals surface area contributed by atoms with Gasteiger partial charge in [0, 0.05) is 45.4 Å². The van der Waals surface area contributed by atoms with Gasteiger partial charge >= 0.3 is 0 Å². The van der Waals surface area contributed by atoms with E-state index >= 15 is 0 Å². The largest absolute Gasteiger partial charge is 0.396 e. The quantitative estimate of drug-likeness (QED) is 0.831. The number of aliphatic hydroxyl groups is 1. The second-order valence-corrected chi connectivity index (χ2v) is 7.91. The van der Waals surface area contributed by atoms with Gasteiger partial charge in [0.15, 0.2) is 0 Å². The molecule has 3 rings (SSSR count). The van der Waals surface area contributed by atoms with Crippen molar-refractivity contribution in [3.63, 3.8) is 0 Å². The minimum Gasteiger partial charge on any atom is -0.396 e. The summed E-state index contributed by atoms with van der Waals surface area (Å²) in [7, 11) is 0. The van der Waals surface area contributed by atoms with E-state index in [9.17, 15) is 5.11 Å². The van der Waals surface area contributed by atoms with Crippen molar-refractivity contribution in [2.45, 2.75) is 51.6 Å². The lowest BCUT2D eigenvalue weighted by Crippen LogP contribution is -2.53. The second-order valence-electron chi connectivity index (χ2n) is 7.08. The predicted octanol–water partition coefficient (Wildman–Crippen LogP) is 1.94. The molecule has 0 spiro atoms. The van der Waals surface area contributed by atoms with Crippen molar-refractivity contribution in [1.82, 2.24) is 19.4 Å². The number of nitrogens with zero attached hydrogens (tertiary/aromatic N) is 4. The minimum absolute atomic E-state index is 0.291. The Bertz CT molecular complexity index is 474. The van der Waals surface area contributed by atoms with E-state index < -0.39 is 0 Å². The molecular formula is C16H28N4OS. The maximum atomic E-state index is 9.38. The summed E-state index contributed by atoms with van der Waals surface area (Å²) >= 11 is 1.54. The van der Waals surface area contributed by atoms with Crippen LogP contribution in [0.5, 0.6) is 0 Å². The topological polar surface area (TPSA) is 52.5 Å². The standard InChI is InChI=1S/C16H28N4OS/c1-12(2)16-15(22-18-17-16)11-19-6-7-20(9-13-3-4-13)14(10-19)5-8-21/h12-14,21H,3-11H2,1-2H3/t14-/m0/s1. The Kier molecular flexibility index (Phi) is 5.44. The molecule has 2 aliphatic rings. The monoisotopic (exact) mass is 324 g/mol. The maximum absolute atomic E-state index is 9.38. The van der Waals surface area contributed by atoms with Crippen molar-refractivity contribution in [3.05, 3.63) is 10.6 Å². The summed E-state index contributed by atoms with van der Waals surface area (Å²) < 4.78 is 4.14. The predicted molar refractivity (Wildman–Crippen MR) is 89.1 cm³/mol. The number of rotatable bonds is 7. The highest BCUT2D eigenvalue weighted by molar-refractivity contribution is 7.05. The van der Waals surface area contributed by atoms with Gasteiger partial charge in [0.1, 0.15) is 0 Å². The molecule has 0 radical (unpaired) electrons. The van der Waals surface area contributed by atoms with E-state index in [-0.39, 0.29) is 0 Å². The Morgan fingerprint density at radius 1 is 1.32 bits per heavy atom. The summed E-state index contributed by atoms with van der Waals surface area (Å²) in [5, 5.41) is 13.7. The van der Waals surface area contributed by atoms with Crippen LogP contribution < -0.4 is 0 Å². The van der Waals surface area contributed by atoms with Crippen molar-refractivity contribution in [2.75, 3.05) is 32.8 Å². The molecule has 1 aromatic heterocycles. The average molecular weight is 324 g/mol. The second kappa shape index (κ2) is 7.34. The molecule has 124 valence electrons. The maximum Gasteiger partial charge on any atom is 0.0826 e. The van der Waals surface area contributed by atoms with Gasteiger partial charge in [0.05, 0.1) is 10.6 Å². The highest BCUT2D eigenvalue weighted by Gasteiger charge is 2.32. The first-order chi connectivity index (χ1) is 10.7. The van der Waals surface area contributed by atoms with Gasteiger partial charge in [-0.05, 0) is 42.6 Å². The molecule has 5 nitrogen and oxygen atoms in total. The number of hydrogen-bond donors (Lipinski definition) is 1. The van der Waals surface area contributed by atoms with Gasteiger partial charge in [-0.1, -0.05) is 18.3 Å². The van der Waals surface area contributed by atoms with Crippen LogP contribution in [0.4, 0.5) is 0 Å². The van der Waals surface area contributed by atoms with Gasteiger partial charge < -0.3 is 5.11 Å². The summed E-state index contributed by atoms with van der Waals surface area (Å²) in [5.74, 6) is 1.36. The van der Waals surface area contributed by atoms with Gasteiger partial charge in [0.2, 0.25) is 0 Å². The number of aromatic nitrogens is 2. The third-order valence-electron chi connectivity index (χ3n) is 4.84. The molecule has 6 heteroatoms. The van der Waals surface area contributed by atoms with Crippen LogP contribution in [0.1, 0.15) is 49.6 Å². The summed E-state index contributed by atoms with van der Waals surface area (Å²) in [5.41, 5.74) is 1.16. The molecule has 1 saturated heterocycles. The molecule has 1 N–H and O–H groups in total. The van der Waals surface area contributed by atoms with E-state index in [0.29, 0.717) is 18.6 Å².